The van der Waals surface area contributed by atoms with Crippen molar-refractivity contribution in [2.75, 3.05) is 0 Å². The minimum absolute atomic E-state index is 0.216. The average molecular weight is 839 g/mol. The van der Waals surface area contributed by atoms with E-state index in [0.29, 0.717) is 22.3 Å². The van der Waals surface area contributed by atoms with Crippen molar-refractivity contribution in [3.8, 4) is 11.1 Å². The summed E-state index contributed by atoms with van der Waals surface area (Å²) in [6.45, 7) is 13.3. The molecule has 4 nitrogen and oxygen atoms in total. The van der Waals surface area contributed by atoms with Crippen molar-refractivity contribution in [3.05, 3.63) is 211 Å². The second-order valence-corrected chi connectivity index (χ2v) is 20.4. The quantitative estimate of drug-likeness (QED) is 0.0988. The van der Waals surface area contributed by atoms with Crippen LogP contribution in [0.15, 0.2) is 156 Å². The molecule has 0 saturated carbocycles. The second kappa shape index (κ2) is 12.4. The Hall–Kier alpha value is -7.56. The normalized spacial score (nSPS) is 18.0. The first-order valence-corrected chi connectivity index (χ1v) is 22.5. The summed E-state index contributed by atoms with van der Waals surface area (Å²) in [5, 5.41) is 8.16. The first-order valence-electron chi connectivity index (χ1n) is 22.5. The second-order valence-electron chi connectivity index (χ2n) is 20.4. The molecule has 0 spiro atoms. The molecule has 0 N–H and O–H groups in total. The zero-order chi connectivity index (χ0) is 44.6. The first kappa shape index (κ1) is 37.9. The Morgan fingerprint density at radius 3 is 0.938 bits per heavy atom. The van der Waals surface area contributed by atoms with E-state index in [1.54, 1.807) is 0 Å². The fraction of sp³-hybridized carbons (Fsp3) is 0.148. The Balaban J connectivity index is 0.835. The highest BCUT2D eigenvalue weighted by molar-refractivity contribution is 6.41. The number of Topliss-reactive ketones (excluding diaryl/α,β-unsaturated/α-hetero) is 4. The summed E-state index contributed by atoms with van der Waals surface area (Å²) in [4.78, 5) is 56.2. The van der Waals surface area contributed by atoms with Crippen LogP contribution in [0.25, 0.3) is 66.4 Å². The molecule has 13 rings (SSSR count). The van der Waals surface area contributed by atoms with Crippen LogP contribution in [0, 0.1) is 0 Å². The van der Waals surface area contributed by atoms with Crippen LogP contribution < -0.4 is 0 Å². The number of hydrogen-bond acceptors (Lipinski definition) is 4. The van der Waals surface area contributed by atoms with E-state index in [2.05, 4.69) is 126 Å². The SMILES string of the molecule is CC1(C)C(C=C2C(=O)c3cc4cc5ccccc5cc4cc3C2=O)=Cc2cc3c(cc21)-c1cc2c(cc1C3(C)C)C=C(C=C1C(=O)c3cc4cc5ccccc5cc4cc3C1=O)C2(C)C. The van der Waals surface area contributed by atoms with Crippen LogP contribution in [0.5, 0.6) is 0 Å². The Kier molecular flexibility index (Phi) is 7.22. The Labute approximate surface area is 376 Å². The van der Waals surface area contributed by atoms with Crippen molar-refractivity contribution in [1.82, 2.24) is 0 Å². The molecule has 0 aromatic heterocycles. The number of ketones is 4. The molecular formula is C61H42O4. The van der Waals surface area contributed by atoms with Gasteiger partial charge in [-0.3, -0.25) is 19.2 Å². The molecule has 0 saturated heterocycles. The predicted octanol–water partition coefficient (Wildman–Crippen LogP) is 14.0. The molecule has 5 aliphatic rings. The molecule has 0 radical (unpaired) electrons. The number of carbonyl (C=O) groups is 4. The van der Waals surface area contributed by atoms with E-state index in [1.807, 2.05) is 60.7 Å². The van der Waals surface area contributed by atoms with Crippen molar-refractivity contribution < 1.29 is 19.2 Å². The predicted molar refractivity (Wildman–Crippen MR) is 262 cm³/mol. The lowest BCUT2D eigenvalue weighted by atomic mass is 9.77. The van der Waals surface area contributed by atoms with Crippen LogP contribution in [-0.2, 0) is 16.2 Å². The minimum Gasteiger partial charge on any atom is -0.288 e. The van der Waals surface area contributed by atoms with Crippen molar-refractivity contribution in [3.63, 3.8) is 0 Å². The fourth-order valence-electron chi connectivity index (χ4n) is 11.7. The van der Waals surface area contributed by atoms with Gasteiger partial charge in [0, 0.05) is 38.5 Å². The van der Waals surface area contributed by atoms with E-state index in [0.717, 1.165) is 76.5 Å². The number of fused-ring (bicyclic) bond motifs is 11. The van der Waals surface area contributed by atoms with Gasteiger partial charge in [-0.2, -0.15) is 0 Å². The van der Waals surface area contributed by atoms with E-state index in [4.69, 9.17) is 0 Å². The minimum atomic E-state index is -0.476. The molecule has 4 heteroatoms. The molecular weight excluding hydrogens is 797 g/mol. The van der Waals surface area contributed by atoms with Gasteiger partial charge in [0.15, 0.2) is 23.1 Å². The van der Waals surface area contributed by atoms with E-state index in [1.165, 1.54) is 22.3 Å². The topological polar surface area (TPSA) is 68.3 Å². The van der Waals surface area contributed by atoms with Crippen LogP contribution in [-0.4, -0.2) is 23.1 Å². The standard InChI is InChI=1S/C61H42O4/c1-59(2)41(27-49-55(62)45-21-35-15-31-11-7-8-12-32(31)16-36(35)22-46(45)56(49)63)19-39-25-53-43(29-51(39)59)44-30-52-40(26-54(44)61(53,5)6)20-42(60(52,3)4)28-50-57(64)47-23-37-17-33-13-9-10-14-34(33)18-38(37)24-48(47)58(50)65/h7-30H,1-6H3. The maximum Gasteiger partial charge on any atom is 0.197 e. The van der Waals surface area contributed by atoms with Crippen molar-refractivity contribution >= 4 is 78.4 Å². The smallest absolute Gasteiger partial charge is 0.197 e. The molecule has 0 heterocycles. The van der Waals surface area contributed by atoms with Crippen molar-refractivity contribution in [2.45, 2.75) is 57.8 Å². The third-order valence-corrected chi connectivity index (χ3v) is 15.7. The third-order valence-electron chi connectivity index (χ3n) is 15.7. The van der Waals surface area contributed by atoms with Gasteiger partial charge in [-0.25, -0.2) is 0 Å². The van der Waals surface area contributed by atoms with Gasteiger partial charge in [-0.1, -0.05) is 102 Å². The highest BCUT2D eigenvalue weighted by Crippen LogP contribution is 2.56. The monoisotopic (exact) mass is 838 g/mol. The lowest BCUT2D eigenvalue weighted by Gasteiger charge is -2.26. The summed E-state index contributed by atoms with van der Waals surface area (Å²) in [7, 11) is 0. The summed E-state index contributed by atoms with van der Waals surface area (Å²) in [5.74, 6) is -0.893. The molecule has 0 unspecified atom stereocenters. The summed E-state index contributed by atoms with van der Waals surface area (Å²) >= 11 is 0. The largest absolute Gasteiger partial charge is 0.288 e. The van der Waals surface area contributed by atoms with Crippen LogP contribution in [0.4, 0.5) is 0 Å². The van der Waals surface area contributed by atoms with Gasteiger partial charge in [-0.15, -0.1) is 0 Å². The van der Waals surface area contributed by atoms with Gasteiger partial charge in [-0.05, 0) is 184 Å². The highest BCUT2D eigenvalue weighted by Gasteiger charge is 2.44. The Morgan fingerprint density at radius 1 is 0.323 bits per heavy atom. The zero-order valence-corrected chi connectivity index (χ0v) is 37.0. The molecule has 0 aliphatic heterocycles. The average Bonchev–Trinajstić information content (AvgIpc) is 3.93. The van der Waals surface area contributed by atoms with E-state index in [9.17, 15) is 19.2 Å². The molecule has 0 atom stereocenters. The van der Waals surface area contributed by atoms with Crippen LogP contribution in [0.1, 0.15) is 116 Å². The van der Waals surface area contributed by atoms with Gasteiger partial charge < -0.3 is 0 Å². The van der Waals surface area contributed by atoms with E-state index >= 15 is 0 Å². The molecule has 65 heavy (non-hydrogen) atoms. The maximum atomic E-state index is 14.0. The maximum absolute atomic E-state index is 14.0. The van der Waals surface area contributed by atoms with Crippen LogP contribution in [0.3, 0.4) is 0 Å². The highest BCUT2D eigenvalue weighted by atomic mass is 16.2. The van der Waals surface area contributed by atoms with Crippen LogP contribution in [0.2, 0.25) is 0 Å². The molecule has 0 amide bonds. The third kappa shape index (κ3) is 5.03. The van der Waals surface area contributed by atoms with E-state index in [-0.39, 0.29) is 39.7 Å². The van der Waals surface area contributed by atoms with Gasteiger partial charge in [0.1, 0.15) is 0 Å². The number of benzene rings is 8. The fourth-order valence-corrected chi connectivity index (χ4v) is 11.7. The number of hydrogen-bond donors (Lipinski definition) is 0. The molecule has 310 valence electrons. The van der Waals surface area contributed by atoms with Crippen molar-refractivity contribution in [1.29, 1.82) is 0 Å². The van der Waals surface area contributed by atoms with Gasteiger partial charge >= 0.3 is 0 Å². The van der Waals surface area contributed by atoms with Gasteiger partial charge in [0.25, 0.3) is 0 Å². The summed E-state index contributed by atoms with van der Waals surface area (Å²) in [5.41, 5.74) is 12.2. The molecule has 8 aromatic rings. The molecule has 0 fully saturated rings. The molecule has 5 aliphatic carbocycles. The number of allylic oxidation sites excluding steroid dienone is 6. The molecule has 8 aromatic carbocycles. The lowest BCUT2D eigenvalue weighted by Crippen LogP contribution is -2.19. The Morgan fingerprint density at radius 2 is 0.631 bits per heavy atom. The molecule has 0 bridgehead atoms. The zero-order valence-electron chi connectivity index (χ0n) is 37.0. The van der Waals surface area contributed by atoms with E-state index < -0.39 is 10.8 Å². The summed E-state index contributed by atoms with van der Waals surface area (Å²) in [6.07, 6.45) is 8.01. The Bertz CT molecular complexity index is 3450. The van der Waals surface area contributed by atoms with Crippen LogP contribution >= 0.6 is 0 Å². The van der Waals surface area contributed by atoms with Crippen molar-refractivity contribution in [2.24, 2.45) is 0 Å². The summed E-state index contributed by atoms with van der Waals surface area (Å²) in [6, 6.07) is 41.5. The number of rotatable bonds is 2. The first-order chi connectivity index (χ1) is 31.1. The summed E-state index contributed by atoms with van der Waals surface area (Å²) < 4.78 is 0. The van der Waals surface area contributed by atoms with Gasteiger partial charge in [0.2, 0.25) is 0 Å². The lowest BCUT2D eigenvalue weighted by molar-refractivity contribution is 0.0973. The number of carbonyl (C=O) groups excluding carboxylic acids is 4. The van der Waals surface area contributed by atoms with Gasteiger partial charge in [0.05, 0.1) is 11.1 Å².